The number of nitrogens with zero attached hydrogens (tertiary/aromatic N) is 1. The van der Waals surface area contributed by atoms with Crippen molar-refractivity contribution in [1.29, 1.82) is 0 Å². The molecule has 1 rings (SSSR count). The molecule has 0 spiro atoms. The van der Waals surface area contributed by atoms with Crippen molar-refractivity contribution in [3.05, 3.63) is 35.9 Å². The number of carbonyl (C=O) groups is 1. The van der Waals surface area contributed by atoms with Gasteiger partial charge in [-0.25, -0.2) is 8.78 Å². The van der Waals surface area contributed by atoms with Gasteiger partial charge in [0.2, 0.25) is 5.91 Å². The fourth-order valence-corrected chi connectivity index (χ4v) is 1.77. The Morgan fingerprint density at radius 2 is 1.95 bits per heavy atom. The largest absolute Gasteiger partial charge is 0.395 e. The minimum absolute atomic E-state index is 0.133. The first kappa shape index (κ1) is 15.5. The number of benzene rings is 1. The van der Waals surface area contributed by atoms with Crippen molar-refractivity contribution < 1.29 is 18.7 Å². The van der Waals surface area contributed by atoms with Gasteiger partial charge in [0.05, 0.1) is 19.2 Å². The van der Waals surface area contributed by atoms with Crippen LogP contribution in [0.15, 0.2) is 30.3 Å². The quantitative estimate of drug-likeness (QED) is 0.765. The molecule has 0 radical (unpaired) electrons. The molecule has 0 bridgehead atoms. The van der Waals surface area contributed by atoms with Crippen molar-refractivity contribution in [3.8, 4) is 0 Å². The third-order valence-corrected chi connectivity index (χ3v) is 2.66. The minimum atomic E-state index is -2.64. The smallest absolute Gasteiger partial charge is 0.255 e. The fourth-order valence-electron chi connectivity index (χ4n) is 1.77. The van der Waals surface area contributed by atoms with Crippen molar-refractivity contribution in [3.63, 3.8) is 0 Å². The lowest BCUT2D eigenvalue weighted by Gasteiger charge is -2.24. The first-order chi connectivity index (χ1) is 9.04. The number of aliphatic hydroxyl groups excluding tert-OH is 1. The number of rotatable bonds is 7. The van der Waals surface area contributed by atoms with Crippen LogP contribution < -0.4 is 5.73 Å². The van der Waals surface area contributed by atoms with E-state index in [9.17, 15) is 13.6 Å². The molecule has 0 aliphatic carbocycles. The summed E-state index contributed by atoms with van der Waals surface area (Å²) in [7, 11) is 0. The summed E-state index contributed by atoms with van der Waals surface area (Å²) < 4.78 is 24.7. The molecular formula is C13H18F2N2O2. The van der Waals surface area contributed by atoms with Gasteiger partial charge in [0.1, 0.15) is 0 Å². The average Bonchev–Trinajstić information content (AvgIpc) is 2.38. The second-order valence-electron chi connectivity index (χ2n) is 4.20. The Bertz CT molecular complexity index is 387. The van der Waals surface area contributed by atoms with E-state index in [1.54, 1.807) is 0 Å². The molecule has 0 saturated carbocycles. The van der Waals surface area contributed by atoms with Crippen molar-refractivity contribution in [2.45, 2.75) is 18.9 Å². The predicted molar refractivity (Wildman–Crippen MR) is 67.8 cm³/mol. The van der Waals surface area contributed by atoms with E-state index < -0.39 is 24.9 Å². The van der Waals surface area contributed by atoms with Crippen LogP contribution in [0.2, 0.25) is 0 Å². The number of hydrogen-bond donors (Lipinski definition) is 2. The van der Waals surface area contributed by atoms with Crippen LogP contribution in [-0.2, 0) is 11.2 Å². The summed E-state index contributed by atoms with van der Waals surface area (Å²) in [5.41, 5.74) is 6.60. The van der Waals surface area contributed by atoms with Gasteiger partial charge in [-0.05, 0) is 12.0 Å². The molecule has 0 aliphatic heterocycles. The number of amides is 1. The maximum Gasteiger partial charge on any atom is 0.255 e. The number of carbonyl (C=O) groups excluding carboxylic acids is 1. The lowest BCUT2D eigenvalue weighted by molar-refractivity contribution is -0.135. The van der Waals surface area contributed by atoms with Gasteiger partial charge in [-0.15, -0.1) is 0 Å². The topological polar surface area (TPSA) is 66.6 Å². The molecular weight excluding hydrogens is 254 g/mol. The molecule has 0 unspecified atom stereocenters. The molecule has 1 aromatic carbocycles. The Morgan fingerprint density at radius 1 is 1.32 bits per heavy atom. The molecule has 1 aromatic rings. The van der Waals surface area contributed by atoms with Crippen LogP contribution >= 0.6 is 0 Å². The monoisotopic (exact) mass is 272 g/mol. The summed E-state index contributed by atoms with van der Waals surface area (Å²) in [4.78, 5) is 12.8. The molecule has 1 atom stereocenters. The maximum atomic E-state index is 12.3. The second kappa shape index (κ2) is 7.81. The van der Waals surface area contributed by atoms with E-state index in [1.807, 2.05) is 30.3 Å². The first-order valence-electron chi connectivity index (χ1n) is 6.02. The number of nitrogens with two attached hydrogens (primary N) is 1. The number of halogens is 2. The van der Waals surface area contributed by atoms with Crippen LogP contribution in [0.4, 0.5) is 8.78 Å². The zero-order valence-electron chi connectivity index (χ0n) is 10.5. The third-order valence-electron chi connectivity index (χ3n) is 2.66. The normalized spacial score (nSPS) is 12.5. The van der Waals surface area contributed by atoms with Gasteiger partial charge in [0, 0.05) is 6.54 Å². The molecule has 0 fully saturated rings. The molecule has 1 amide bonds. The summed E-state index contributed by atoms with van der Waals surface area (Å²) in [6, 6.07) is 8.22. The molecule has 0 aliphatic rings. The molecule has 4 nitrogen and oxygen atoms in total. The van der Waals surface area contributed by atoms with E-state index in [1.165, 1.54) is 0 Å². The molecule has 6 heteroatoms. The van der Waals surface area contributed by atoms with Crippen LogP contribution in [0.3, 0.4) is 0 Å². The number of hydrogen-bond acceptors (Lipinski definition) is 3. The van der Waals surface area contributed by atoms with Gasteiger partial charge in [-0.3, -0.25) is 4.79 Å². The summed E-state index contributed by atoms with van der Waals surface area (Å²) >= 11 is 0. The van der Waals surface area contributed by atoms with E-state index in [-0.39, 0.29) is 19.6 Å². The SMILES string of the molecule is N[C@@H](Cc1ccccc1)C(=O)N(CCO)CC(F)F. The number of alkyl halides is 2. The highest BCUT2D eigenvalue weighted by atomic mass is 19.3. The Hall–Kier alpha value is -1.53. The third kappa shape index (κ3) is 5.32. The molecule has 0 heterocycles. The van der Waals surface area contributed by atoms with Gasteiger partial charge in [0.15, 0.2) is 0 Å². The van der Waals surface area contributed by atoms with Crippen molar-refractivity contribution in [2.24, 2.45) is 5.73 Å². The Kier molecular flexibility index (Phi) is 6.38. The summed E-state index contributed by atoms with van der Waals surface area (Å²) in [6.07, 6.45) is -2.36. The fraction of sp³-hybridized carbons (Fsp3) is 0.462. The molecule has 0 saturated heterocycles. The van der Waals surface area contributed by atoms with Crippen LogP contribution in [0.1, 0.15) is 5.56 Å². The van der Waals surface area contributed by atoms with Gasteiger partial charge >= 0.3 is 0 Å². The first-order valence-corrected chi connectivity index (χ1v) is 6.02. The van der Waals surface area contributed by atoms with E-state index in [0.717, 1.165) is 10.5 Å². The van der Waals surface area contributed by atoms with Crippen LogP contribution in [0.25, 0.3) is 0 Å². The summed E-state index contributed by atoms with van der Waals surface area (Å²) in [5, 5.41) is 8.79. The second-order valence-corrected chi connectivity index (χ2v) is 4.20. The Balaban J connectivity index is 2.62. The van der Waals surface area contributed by atoms with Gasteiger partial charge in [0.25, 0.3) is 6.43 Å². The van der Waals surface area contributed by atoms with Crippen molar-refractivity contribution in [1.82, 2.24) is 4.90 Å². The summed E-state index contributed by atoms with van der Waals surface area (Å²) in [5.74, 6) is -0.571. The van der Waals surface area contributed by atoms with Crippen LogP contribution in [0.5, 0.6) is 0 Å². The highest BCUT2D eigenvalue weighted by Crippen LogP contribution is 2.06. The molecule has 19 heavy (non-hydrogen) atoms. The number of aliphatic hydroxyl groups is 1. The van der Waals surface area contributed by atoms with Gasteiger partial charge in [-0.2, -0.15) is 0 Å². The zero-order valence-corrected chi connectivity index (χ0v) is 10.5. The molecule has 106 valence electrons. The molecule has 0 aromatic heterocycles. The molecule has 3 N–H and O–H groups in total. The maximum absolute atomic E-state index is 12.3. The van der Waals surface area contributed by atoms with Crippen molar-refractivity contribution >= 4 is 5.91 Å². The Morgan fingerprint density at radius 3 is 2.47 bits per heavy atom. The van der Waals surface area contributed by atoms with Crippen LogP contribution in [-0.4, -0.2) is 48.1 Å². The lowest BCUT2D eigenvalue weighted by Crippen LogP contribution is -2.47. The summed E-state index contributed by atoms with van der Waals surface area (Å²) in [6.45, 7) is -1.20. The van der Waals surface area contributed by atoms with E-state index >= 15 is 0 Å². The van der Waals surface area contributed by atoms with Gasteiger partial charge in [-0.1, -0.05) is 30.3 Å². The lowest BCUT2D eigenvalue weighted by atomic mass is 10.1. The van der Waals surface area contributed by atoms with Crippen molar-refractivity contribution in [2.75, 3.05) is 19.7 Å². The van der Waals surface area contributed by atoms with E-state index in [2.05, 4.69) is 0 Å². The minimum Gasteiger partial charge on any atom is -0.395 e. The average molecular weight is 272 g/mol. The van der Waals surface area contributed by atoms with Gasteiger partial charge < -0.3 is 15.7 Å². The van der Waals surface area contributed by atoms with E-state index in [4.69, 9.17) is 10.8 Å². The predicted octanol–water partition coefficient (Wildman–Crippen LogP) is 0.642. The van der Waals surface area contributed by atoms with E-state index in [0.29, 0.717) is 0 Å². The standard InChI is InChI=1S/C13H18F2N2O2/c14-12(15)9-17(6-7-18)13(19)11(16)8-10-4-2-1-3-5-10/h1-5,11-12,18H,6-9,16H2/t11-/m0/s1. The Labute approximate surface area is 110 Å². The zero-order chi connectivity index (χ0) is 14.3. The van der Waals surface area contributed by atoms with Crippen LogP contribution in [0, 0.1) is 0 Å². The highest BCUT2D eigenvalue weighted by molar-refractivity contribution is 5.82. The highest BCUT2D eigenvalue weighted by Gasteiger charge is 2.23.